The maximum Gasteiger partial charge on any atom is 0.407 e. The van der Waals surface area contributed by atoms with Crippen molar-refractivity contribution in [1.82, 2.24) is 5.32 Å². The van der Waals surface area contributed by atoms with Crippen molar-refractivity contribution in [1.29, 1.82) is 10.5 Å². The van der Waals surface area contributed by atoms with Crippen molar-refractivity contribution in [3.8, 4) is 17.9 Å². The standard InChI is InChI=1S/C24H27N5O4/c1-5-20(10-11-25)33-24(31)27-16(3)21-12-18(8-6-15(21)2)28-23(30)29-19-9-7-17(14-26)22(13-19)32-4/h6-9,12-13,16,20H,5,10H2,1-4H3,(H,27,31)(H2,28,29,30)/t16-,20?/m0/s1. The van der Waals surface area contributed by atoms with Crippen LogP contribution < -0.4 is 20.7 Å². The van der Waals surface area contributed by atoms with E-state index in [-0.39, 0.29) is 12.5 Å². The lowest BCUT2D eigenvalue weighted by Crippen LogP contribution is -2.31. The van der Waals surface area contributed by atoms with Crippen LogP contribution in [0.15, 0.2) is 36.4 Å². The highest BCUT2D eigenvalue weighted by molar-refractivity contribution is 6.00. The van der Waals surface area contributed by atoms with Gasteiger partial charge in [0.1, 0.15) is 17.9 Å². The van der Waals surface area contributed by atoms with E-state index in [9.17, 15) is 9.59 Å². The summed E-state index contributed by atoms with van der Waals surface area (Å²) in [5.74, 6) is 0.361. The molecule has 0 spiro atoms. The topological polar surface area (TPSA) is 136 Å². The van der Waals surface area contributed by atoms with Crippen LogP contribution >= 0.6 is 0 Å². The molecule has 1 unspecified atom stereocenters. The predicted octanol–water partition coefficient (Wildman–Crippen LogP) is 5.00. The molecule has 0 fully saturated rings. The van der Waals surface area contributed by atoms with Crippen molar-refractivity contribution in [2.24, 2.45) is 0 Å². The van der Waals surface area contributed by atoms with Gasteiger partial charge in [-0.1, -0.05) is 13.0 Å². The molecule has 0 saturated heterocycles. The van der Waals surface area contributed by atoms with Gasteiger partial charge in [0.25, 0.3) is 0 Å². The number of alkyl carbamates (subject to hydrolysis) is 1. The van der Waals surface area contributed by atoms with Crippen molar-refractivity contribution in [3.63, 3.8) is 0 Å². The molecule has 3 amide bonds. The number of urea groups is 1. The maximum absolute atomic E-state index is 12.5. The Balaban J connectivity index is 2.05. The van der Waals surface area contributed by atoms with Gasteiger partial charge in [0.2, 0.25) is 0 Å². The molecule has 0 radical (unpaired) electrons. The normalized spacial score (nSPS) is 11.8. The summed E-state index contributed by atoms with van der Waals surface area (Å²) in [5, 5.41) is 26.1. The first-order valence-electron chi connectivity index (χ1n) is 10.4. The number of methoxy groups -OCH3 is 1. The van der Waals surface area contributed by atoms with Gasteiger partial charge in [-0.3, -0.25) is 0 Å². The third-order valence-electron chi connectivity index (χ3n) is 4.97. The number of benzene rings is 2. The third kappa shape index (κ3) is 7.15. The van der Waals surface area contributed by atoms with E-state index in [1.165, 1.54) is 7.11 Å². The third-order valence-corrected chi connectivity index (χ3v) is 4.97. The van der Waals surface area contributed by atoms with Gasteiger partial charge >= 0.3 is 12.1 Å². The summed E-state index contributed by atoms with van der Waals surface area (Å²) in [6.45, 7) is 5.55. The fourth-order valence-electron chi connectivity index (χ4n) is 3.15. The van der Waals surface area contributed by atoms with Crippen LogP contribution in [0, 0.1) is 29.6 Å². The van der Waals surface area contributed by atoms with Crippen molar-refractivity contribution in [3.05, 3.63) is 53.1 Å². The van der Waals surface area contributed by atoms with Crippen LogP contribution in [0.1, 0.15) is 49.4 Å². The SMILES string of the molecule is CCC(CC#N)OC(=O)N[C@@H](C)c1cc(NC(=O)Nc2ccc(C#N)c(OC)c2)ccc1C. The smallest absolute Gasteiger partial charge is 0.407 e. The first kappa shape index (κ1) is 25.0. The van der Waals surface area contributed by atoms with Gasteiger partial charge in [-0.2, -0.15) is 10.5 Å². The van der Waals surface area contributed by atoms with E-state index in [1.54, 1.807) is 30.3 Å². The zero-order chi connectivity index (χ0) is 24.4. The van der Waals surface area contributed by atoms with Crippen LogP contribution in [0.2, 0.25) is 0 Å². The highest BCUT2D eigenvalue weighted by Gasteiger charge is 2.17. The Morgan fingerprint density at radius 2 is 1.76 bits per heavy atom. The second-order valence-electron chi connectivity index (χ2n) is 7.34. The summed E-state index contributed by atoms with van der Waals surface area (Å²) in [6.07, 6.45) is -0.374. The Kier molecular flexibility index (Phi) is 9.07. The van der Waals surface area contributed by atoms with Crippen LogP contribution in [0.3, 0.4) is 0 Å². The number of aryl methyl sites for hydroxylation is 1. The molecule has 3 N–H and O–H groups in total. The molecule has 0 aliphatic rings. The average molecular weight is 450 g/mol. The lowest BCUT2D eigenvalue weighted by Gasteiger charge is -2.20. The minimum Gasteiger partial charge on any atom is -0.495 e. The van der Waals surface area contributed by atoms with E-state index >= 15 is 0 Å². The summed E-state index contributed by atoms with van der Waals surface area (Å²) >= 11 is 0. The van der Waals surface area contributed by atoms with Crippen LogP contribution in [-0.2, 0) is 4.74 Å². The maximum atomic E-state index is 12.5. The Labute approximate surface area is 193 Å². The highest BCUT2D eigenvalue weighted by atomic mass is 16.6. The fraction of sp³-hybridized carbons (Fsp3) is 0.333. The van der Waals surface area contributed by atoms with Gasteiger partial charge in [0.05, 0.1) is 31.2 Å². The summed E-state index contributed by atoms with van der Waals surface area (Å²) in [6, 6.07) is 13.2. The summed E-state index contributed by atoms with van der Waals surface area (Å²) in [5.41, 5.74) is 3.10. The number of carbonyl (C=O) groups excluding carboxylic acids is 2. The Hall–Kier alpha value is -4.24. The molecule has 0 aliphatic heterocycles. The molecule has 0 saturated carbocycles. The van der Waals surface area contributed by atoms with Crippen molar-refractivity contribution < 1.29 is 19.1 Å². The number of ether oxygens (including phenoxy) is 2. The Bertz CT molecular complexity index is 1090. The second-order valence-corrected chi connectivity index (χ2v) is 7.34. The molecule has 9 nitrogen and oxygen atoms in total. The van der Waals surface area contributed by atoms with Crippen LogP contribution in [0.5, 0.6) is 5.75 Å². The molecule has 0 bridgehead atoms. The number of nitriles is 2. The van der Waals surface area contributed by atoms with Gasteiger partial charge < -0.3 is 25.4 Å². The van der Waals surface area contributed by atoms with E-state index < -0.39 is 18.2 Å². The van der Waals surface area contributed by atoms with E-state index in [0.29, 0.717) is 29.1 Å². The quantitative estimate of drug-likeness (QED) is 0.519. The minimum absolute atomic E-state index is 0.136. The van der Waals surface area contributed by atoms with Gasteiger partial charge in [-0.25, -0.2) is 9.59 Å². The Morgan fingerprint density at radius 1 is 1.09 bits per heavy atom. The van der Waals surface area contributed by atoms with Crippen LogP contribution in [0.25, 0.3) is 0 Å². The molecule has 9 heteroatoms. The molecule has 2 aromatic rings. The number of rotatable bonds is 8. The fourth-order valence-corrected chi connectivity index (χ4v) is 3.15. The van der Waals surface area contributed by atoms with Crippen molar-refractivity contribution >= 4 is 23.5 Å². The molecule has 2 atom stereocenters. The zero-order valence-electron chi connectivity index (χ0n) is 19.1. The average Bonchev–Trinajstić information content (AvgIpc) is 2.79. The predicted molar refractivity (Wildman–Crippen MR) is 124 cm³/mol. The molecule has 0 aliphatic carbocycles. The summed E-state index contributed by atoms with van der Waals surface area (Å²) in [7, 11) is 1.45. The molecule has 2 aromatic carbocycles. The molecular formula is C24H27N5O4. The summed E-state index contributed by atoms with van der Waals surface area (Å²) < 4.78 is 10.4. The van der Waals surface area contributed by atoms with E-state index in [0.717, 1.165) is 11.1 Å². The summed E-state index contributed by atoms with van der Waals surface area (Å²) in [4.78, 5) is 24.6. The number of anilines is 2. The second kappa shape index (κ2) is 12.0. The monoisotopic (exact) mass is 449 g/mol. The highest BCUT2D eigenvalue weighted by Crippen LogP contribution is 2.24. The number of hydrogen-bond acceptors (Lipinski definition) is 6. The Morgan fingerprint density at radius 3 is 2.36 bits per heavy atom. The lowest BCUT2D eigenvalue weighted by molar-refractivity contribution is 0.0950. The number of nitrogens with one attached hydrogen (secondary N) is 3. The van der Waals surface area contributed by atoms with Gasteiger partial charge in [-0.15, -0.1) is 0 Å². The molecule has 172 valence electrons. The molecular weight excluding hydrogens is 422 g/mol. The molecule has 2 rings (SSSR count). The van der Waals surface area contributed by atoms with Gasteiger partial charge in [0.15, 0.2) is 0 Å². The van der Waals surface area contributed by atoms with E-state index in [4.69, 9.17) is 20.0 Å². The van der Waals surface area contributed by atoms with Crippen LogP contribution in [0.4, 0.5) is 21.0 Å². The first-order valence-corrected chi connectivity index (χ1v) is 10.4. The van der Waals surface area contributed by atoms with Gasteiger partial charge in [-0.05, 0) is 55.7 Å². The molecule has 33 heavy (non-hydrogen) atoms. The van der Waals surface area contributed by atoms with Crippen molar-refractivity contribution in [2.45, 2.75) is 45.8 Å². The molecule has 0 heterocycles. The van der Waals surface area contributed by atoms with Crippen LogP contribution in [-0.4, -0.2) is 25.3 Å². The van der Waals surface area contributed by atoms with Crippen molar-refractivity contribution in [2.75, 3.05) is 17.7 Å². The number of nitrogens with zero attached hydrogens (tertiary/aromatic N) is 2. The van der Waals surface area contributed by atoms with Gasteiger partial charge in [0, 0.05) is 17.4 Å². The van der Waals surface area contributed by atoms with E-state index in [1.807, 2.05) is 39.0 Å². The number of amides is 3. The number of carbonyl (C=O) groups is 2. The minimum atomic E-state index is -0.602. The molecule has 0 aromatic heterocycles. The number of hydrogen-bond donors (Lipinski definition) is 3. The zero-order valence-corrected chi connectivity index (χ0v) is 19.1. The lowest BCUT2D eigenvalue weighted by atomic mass is 10.0. The largest absolute Gasteiger partial charge is 0.495 e. The first-order chi connectivity index (χ1) is 15.8. The van der Waals surface area contributed by atoms with E-state index in [2.05, 4.69) is 16.0 Å².